The average molecular weight is 379 g/mol. The molecule has 1 aromatic carbocycles. The highest BCUT2D eigenvalue weighted by Gasteiger charge is 2.30. The molecule has 0 aromatic heterocycles. The average Bonchev–Trinajstić information content (AvgIpc) is 3.04. The molecular formula is C16H24Cl2N2O2S. The van der Waals surface area contributed by atoms with Gasteiger partial charge in [-0.1, -0.05) is 36.6 Å². The van der Waals surface area contributed by atoms with E-state index in [2.05, 4.69) is 4.90 Å². The zero-order chi connectivity index (χ0) is 15.6. The van der Waals surface area contributed by atoms with E-state index < -0.39 is 10.0 Å². The van der Waals surface area contributed by atoms with E-state index in [0.29, 0.717) is 24.2 Å². The van der Waals surface area contributed by atoms with Crippen LogP contribution < -0.4 is 0 Å². The molecule has 1 heterocycles. The summed E-state index contributed by atoms with van der Waals surface area (Å²) >= 11 is 5.84. The number of sulfonamides is 1. The molecule has 4 nitrogen and oxygen atoms in total. The fourth-order valence-corrected chi connectivity index (χ4v) is 5.14. The smallest absolute Gasteiger partial charge is 0.218 e. The van der Waals surface area contributed by atoms with Gasteiger partial charge in [0.1, 0.15) is 0 Å². The SMILES string of the molecule is Cl.O=S(=O)(Cc1ccc(Cl)cc1)N1CCN(C2CCCC2)CC1. The van der Waals surface area contributed by atoms with E-state index in [9.17, 15) is 8.42 Å². The number of rotatable bonds is 4. The van der Waals surface area contributed by atoms with Gasteiger partial charge in [0.25, 0.3) is 0 Å². The summed E-state index contributed by atoms with van der Waals surface area (Å²) in [6.45, 7) is 2.97. The quantitative estimate of drug-likeness (QED) is 0.807. The van der Waals surface area contributed by atoms with Crippen LogP contribution >= 0.6 is 24.0 Å². The zero-order valence-corrected chi connectivity index (χ0v) is 15.5. The first kappa shape index (κ1) is 19.0. The van der Waals surface area contributed by atoms with Crippen LogP contribution in [0.3, 0.4) is 0 Å². The molecule has 1 aliphatic heterocycles. The van der Waals surface area contributed by atoms with Gasteiger partial charge in [0, 0.05) is 37.2 Å². The van der Waals surface area contributed by atoms with Gasteiger partial charge in [0.05, 0.1) is 5.75 Å². The van der Waals surface area contributed by atoms with Crippen LogP contribution in [-0.2, 0) is 15.8 Å². The topological polar surface area (TPSA) is 40.6 Å². The molecule has 0 amide bonds. The van der Waals surface area contributed by atoms with E-state index in [0.717, 1.165) is 18.7 Å². The minimum Gasteiger partial charge on any atom is -0.298 e. The maximum Gasteiger partial charge on any atom is 0.218 e. The molecule has 3 rings (SSSR count). The first-order valence-corrected chi connectivity index (χ1v) is 10.00. The Hall–Kier alpha value is -0.330. The van der Waals surface area contributed by atoms with Crippen molar-refractivity contribution < 1.29 is 8.42 Å². The Morgan fingerprint density at radius 2 is 1.57 bits per heavy atom. The lowest BCUT2D eigenvalue weighted by molar-refractivity contribution is 0.139. The Morgan fingerprint density at radius 3 is 2.13 bits per heavy atom. The van der Waals surface area contributed by atoms with Crippen molar-refractivity contribution in [1.82, 2.24) is 9.21 Å². The van der Waals surface area contributed by atoms with Crippen molar-refractivity contribution in [1.29, 1.82) is 0 Å². The molecule has 0 unspecified atom stereocenters. The van der Waals surface area contributed by atoms with Gasteiger partial charge in [-0.2, -0.15) is 4.31 Å². The molecule has 0 radical (unpaired) electrons. The number of nitrogens with zero attached hydrogens (tertiary/aromatic N) is 2. The molecule has 130 valence electrons. The first-order valence-electron chi connectivity index (χ1n) is 8.01. The molecule has 0 atom stereocenters. The highest BCUT2D eigenvalue weighted by atomic mass is 35.5. The van der Waals surface area contributed by atoms with Crippen molar-refractivity contribution in [2.24, 2.45) is 0 Å². The largest absolute Gasteiger partial charge is 0.298 e. The summed E-state index contributed by atoms with van der Waals surface area (Å²) in [6, 6.07) is 7.74. The highest BCUT2D eigenvalue weighted by molar-refractivity contribution is 7.88. The second kappa shape index (κ2) is 8.17. The molecule has 1 aliphatic carbocycles. The Labute approximate surface area is 150 Å². The normalized spacial score (nSPS) is 21.3. The zero-order valence-electron chi connectivity index (χ0n) is 13.2. The summed E-state index contributed by atoms with van der Waals surface area (Å²) < 4.78 is 26.7. The van der Waals surface area contributed by atoms with Gasteiger partial charge in [-0.3, -0.25) is 4.90 Å². The van der Waals surface area contributed by atoms with Crippen LogP contribution in [0.1, 0.15) is 31.2 Å². The first-order chi connectivity index (χ1) is 10.5. The molecular weight excluding hydrogens is 355 g/mol. The Morgan fingerprint density at radius 1 is 1.00 bits per heavy atom. The molecule has 0 spiro atoms. The van der Waals surface area contributed by atoms with Crippen LogP contribution in [-0.4, -0.2) is 49.8 Å². The number of piperazine rings is 1. The van der Waals surface area contributed by atoms with E-state index in [4.69, 9.17) is 11.6 Å². The fraction of sp³-hybridized carbons (Fsp3) is 0.625. The standard InChI is InChI=1S/C16H23ClN2O2S.ClH/c17-15-7-5-14(6-8-15)13-22(20,21)19-11-9-18(10-12-19)16-3-1-2-4-16;/h5-8,16H,1-4,9-13H2;1H. The lowest BCUT2D eigenvalue weighted by atomic mass is 10.2. The predicted octanol–water partition coefficient (Wildman–Crippen LogP) is 3.15. The molecule has 1 aromatic rings. The van der Waals surface area contributed by atoms with E-state index in [1.807, 2.05) is 0 Å². The lowest BCUT2D eigenvalue weighted by Gasteiger charge is -2.37. The summed E-state index contributed by atoms with van der Waals surface area (Å²) in [6.07, 6.45) is 5.19. The maximum absolute atomic E-state index is 12.5. The Bertz CT molecular complexity index is 593. The minimum atomic E-state index is -3.23. The van der Waals surface area contributed by atoms with E-state index in [-0.39, 0.29) is 18.2 Å². The summed E-state index contributed by atoms with van der Waals surface area (Å²) in [5.41, 5.74) is 0.794. The van der Waals surface area contributed by atoms with E-state index in [1.165, 1.54) is 25.7 Å². The molecule has 0 bridgehead atoms. The summed E-state index contributed by atoms with van der Waals surface area (Å²) in [7, 11) is -3.23. The number of benzene rings is 1. The molecule has 2 aliphatic rings. The molecule has 2 fully saturated rings. The monoisotopic (exact) mass is 378 g/mol. The van der Waals surface area contributed by atoms with Crippen LogP contribution in [0, 0.1) is 0 Å². The Kier molecular flexibility index (Phi) is 6.75. The van der Waals surface area contributed by atoms with Gasteiger partial charge >= 0.3 is 0 Å². The van der Waals surface area contributed by atoms with Gasteiger partial charge in [0.15, 0.2) is 0 Å². The van der Waals surface area contributed by atoms with Crippen LogP contribution in [0.5, 0.6) is 0 Å². The summed E-state index contributed by atoms with van der Waals surface area (Å²) in [5.74, 6) is 0.0631. The van der Waals surface area contributed by atoms with E-state index >= 15 is 0 Å². The van der Waals surface area contributed by atoms with Gasteiger partial charge in [-0.25, -0.2) is 8.42 Å². The van der Waals surface area contributed by atoms with Crippen molar-refractivity contribution in [3.63, 3.8) is 0 Å². The van der Waals surface area contributed by atoms with Crippen LogP contribution in [0.4, 0.5) is 0 Å². The maximum atomic E-state index is 12.5. The van der Waals surface area contributed by atoms with Crippen molar-refractivity contribution in [2.45, 2.75) is 37.5 Å². The third-order valence-corrected chi connectivity index (χ3v) is 6.87. The third kappa shape index (κ3) is 4.83. The van der Waals surface area contributed by atoms with Gasteiger partial charge in [-0.15, -0.1) is 12.4 Å². The lowest BCUT2D eigenvalue weighted by Crippen LogP contribution is -2.51. The fourth-order valence-electron chi connectivity index (χ4n) is 3.50. The number of halogens is 2. The van der Waals surface area contributed by atoms with Crippen molar-refractivity contribution in [3.8, 4) is 0 Å². The molecule has 1 saturated carbocycles. The molecule has 23 heavy (non-hydrogen) atoms. The molecule has 7 heteroatoms. The summed E-state index contributed by atoms with van der Waals surface area (Å²) in [5, 5.41) is 0.631. The van der Waals surface area contributed by atoms with Crippen molar-refractivity contribution in [3.05, 3.63) is 34.9 Å². The second-order valence-corrected chi connectivity index (χ2v) is 8.66. The van der Waals surface area contributed by atoms with Gasteiger partial charge < -0.3 is 0 Å². The molecule has 1 saturated heterocycles. The second-order valence-electron chi connectivity index (χ2n) is 6.26. The van der Waals surface area contributed by atoms with Gasteiger partial charge in [0.2, 0.25) is 10.0 Å². The van der Waals surface area contributed by atoms with Crippen LogP contribution in [0.25, 0.3) is 0 Å². The van der Waals surface area contributed by atoms with Crippen molar-refractivity contribution in [2.75, 3.05) is 26.2 Å². The number of hydrogen-bond acceptors (Lipinski definition) is 3. The molecule has 0 N–H and O–H groups in total. The number of hydrogen-bond donors (Lipinski definition) is 0. The van der Waals surface area contributed by atoms with Crippen LogP contribution in [0.15, 0.2) is 24.3 Å². The van der Waals surface area contributed by atoms with Gasteiger partial charge in [-0.05, 0) is 30.5 Å². The highest BCUT2D eigenvalue weighted by Crippen LogP contribution is 2.25. The van der Waals surface area contributed by atoms with E-state index in [1.54, 1.807) is 28.6 Å². The van der Waals surface area contributed by atoms with Crippen molar-refractivity contribution >= 4 is 34.0 Å². The van der Waals surface area contributed by atoms with Crippen LogP contribution in [0.2, 0.25) is 5.02 Å². The summed E-state index contributed by atoms with van der Waals surface area (Å²) in [4.78, 5) is 2.47. The third-order valence-electron chi connectivity index (χ3n) is 4.77. The Balaban J connectivity index is 0.00000192. The minimum absolute atomic E-state index is 0. The predicted molar refractivity (Wildman–Crippen MR) is 96.7 cm³/mol.